The largest absolute Gasteiger partial charge is 0.400 e. The van der Waals surface area contributed by atoms with Crippen LogP contribution in [0, 0.1) is 0 Å². The van der Waals surface area contributed by atoms with E-state index in [1.54, 1.807) is 26.4 Å². The molecule has 2 amide bonds. The van der Waals surface area contributed by atoms with E-state index in [9.17, 15) is 9.59 Å². The summed E-state index contributed by atoms with van der Waals surface area (Å²) < 4.78 is 0. The lowest BCUT2D eigenvalue weighted by molar-refractivity contribution is -0.115. The minimum atomic E-state index is -0.205. The topological polar surface area (TPSA) is 110 Å². The second-order valence-corrected chi connectivity index (χ2v) is 9.80. The third-order valence-corrected chi connectivity index (χ3v) is 5.66. The number of anilines is 1. The molecule has 4 aromatic rings. The number of H-pyrrole nitrogens is 1. The number of fused-ring (bicyclic) bond motifs is 1. The first-order valence-electron chi connectivity index (χ1n) is 12.0. The minimum Gasteiger partial charge on any atom is -0.400 e. The lowest BCUT2D eigenvalue weighted by Gasteiger charge is -2.21. The van der Waals surface area contributed by atoms with Crippen molar-refractivity contribution in [3.63, 3.8) is 0 Å². The van der Waals surface area contributed by atoms with Crippen molar-refractivity contribution in [2.45, 2.75) is 26.3 Å². The van der Waals surface area contributed by atoms with E-state index in [1.165, 1.54) is 4.90 Å². The summed E-state index contributed by atoms with van der Waals surface area (Å²) in [5, 5.41) is 14.0. The number of amides is 2. The van der Waals surface area contributed by atoms with Crippen molar-refractivity contribution in [1.29, 1.82) is 0 Å². The Balaban J connectivity index is 0.00000186. The molecule has 0 bridgehead atoms. The summed E-state index contributed by atoms with van der Waals surface area (Å²) in [7, 11) is 4.39. The number of aromatic nitrogens is 2. The number of aliphatic hydroxyl groups is 1. The Labute approximate surface area is 217 Å². The first-order chi connectivity index (χ1) is 17.6. The molecular weight excluding hydrogens is 466 g/mol. The van der Waals surface area contributed by atoms with E-state index >= 15 is 0 Å². The fourth-order valence-corrected chi connectivity index (χ4v) is 3.81. The molecule has 0 aliphatic carbocycles. The van der Waals surface area contributed by atoms with Gasteiger partial charge < -0.3 is 25.6 Å². The van der Waals surface area contributed by atoms with Crippen molar-refractivity contribution >= 4 is 28.5 Å². The summed E-state index contributed by atoms with van der Waals surface area (Å²) in [5.74, 6) is -0.394. The number of benzene rings is 2. The van der Waals surface area contributed by atoms with E-state index in [1.807, 2.05) is 57.3 Å². The Bertz CT molecular complexity index is 1370. The molecule has 0 spiro atoms. The van der Waals surface area contributed by atoms with Crippen LogP contribution in [-0.4, -0.2) is 65.1 Å². The molecular formula is C29H35N5O3. The van der Waals surface area contributed by atoms with Gasteiger partial charge in [0.15, 0.2) is 0 Å². The van der Waals surface area contributed by atoms with Crippen LogP contribution < -0.4 is 10.6 Å². The predicted molar refractivity (Wildman–Crippen MR) is 150 cm³/mol. The quantitative estimate of drug-likeness (QED) is 0.310. The fraction of sp³-hybridized carbons (Fsp3) is 0.276. The lowest BCUT2D eigenvalue weighted by Crippen LogP contribution is -2.41. The van der Waals surface area contributed by atoms with Gasteiger partial charge in [0.25, 0.3) is 5.91 Å². The van der Waals surface area contributed by atoms with Crippen molar-refractivity contribution in [1.82, 2.24) is 20.2 Å². The fourth-order valence-electron chi connectivity index (χ4n) is 3.81. The Morgan fingerprint density at radius 1 is 0.973 bits per heavy atom. The molecule has 0 atom stereocenters. The van der Waals surface area contributed by atoms with Gasteiger partial charge in [-0.25, -0.2) is 4.98 Å². The summed E-state index contributed by atoms with van der Waals surface area (Å²) in [5.41, 5.74) is 5.41. The van der Waals surface area contributed by atoms with Gasteiger partial charge in [0, 0.05) is 55.7 Å². The van der Waals surface area contributed by atoms with E-state index in [-0.39, 0.29) is 23.9 Å². The summed E-state index contributed by atoms with van der Waals surface area (Å²) >= 11 is 0. The van der Waals surface area contributed by atoms with Crippen molar-refractivity contribution < 1.29 is 14.7 Å². The lowest BCUT2D eigenvalue weighted by atomic mass is 9.99. The van der Waals surface area contributed by atoms with E-state index < -0.39 is 0 Å². The molecule has 4 N–H and O–H groups in total. The number of hydrogen-bond donors (Lipinski definition) is 4. The monoisotopic (exact) mass is 501 g/mol. The molecule has 4 rings (SSSR count). The molecule has 0 fully saturated rings. The molecule has 37 heavy (non-hydrogen) atoms. The molecule has 0 radical (unpaired) electrons. The highest BCUT2D eigenvalue weighted by Crippen LogP contribution is 2.32. The summed E-state index contributed by atoms with van der Waals surface area (Å²) in [6, 6.07) is 17.7. The molecule has 194 valence electrons. The van der Waals surface area contributed by atoms with Gasteiger partial charge in [0.2, 0.25) is 5.91 Å². The van der Waals surface area contributed by atoms with Crippen LogP contribution in [0.2, 0.25) is 0 Å². The molecule has 0 aliphatic heterocycles. The highest BCUT2D eigenvalue weighted by Gasteiger charge is 2.18. The predicted octanol–water partition coefficient (Wildman–Crippen LogP) is 4.53. The van der Waals surface area contributed by atoms with Crippen LogP contribution in [0.3, 0.4) is 0 Å². The Morgan fingerprint density at radius 3 is 2.32 bits per heavy atom. The van der Waals surface area contributed by atoms with Crippen molar-refractivity contribution in [3.05, 3.63) is 72.6 Å². The Hall–Kier alpha value is -4.01. The Morgan fingerprint density at radius 2 is 1.68 bits per heavy atom. The molecule has 2 aromatic heterocycles. The summed E-state index contributed by atoms with van der Waals surface area (Å²) in [6.07, 6.45) is 3.75. The molecule has 8 nitrogen and oxygen atoms in total. The average molecular weight is 502 g/mol. The van der Waals surface area contributed by atoms with Crippen molar-refractivity contribution in [2.24, 2.45) is 0 Å². The van der Waals surface area contributed by atoms with Crippen molar-refractivity contribution in [3.8, 4) is 22.3 Å². The van der Waals surface area contributed by atoms with Crippen molar-refractivity contribution in [2.75, 3.05) is 33.1 Å². The van der Waals surface area contributed by atoms with E-state index in [4.69, 9.17) is 5.11 Å². The first-order valence-corrected chi connectivity index (χ1v) is 12.0. The maximum Gasteiger partial charge on any atom is 0.255 e. The van der Waals surface area contributed by atoms with Gasteiger partial charge in [-0.3, -0.25) is 9.59 Å². The number of hydrogen-bond acceptors (Lipinski definition) is 5. The molecule has 0 saturated heterocycles. The Kier molecular flexibility index (Phi) is 8.81. The van der Waals surface area contributed by atoms with E-state index in [0.29, 0.717) is 11.3 Å². The van der Waals surface area contributed by atoms with Crippen LogP contribution >= 0.6 is 0 Å². The number of carbonyl (C=O) groups excluding carboxylic acids is 2. The van der Waals surface area contributed by atoms with E-state index in [2.05, 4.69) is 38.8 Å². The average Bonchev–Trinajstić information content (AvgIpc) is 3.32. The second kappa shape index (κ2) is 11.8. The first kappa shape index (κ1) is 27.6. The van der Waals surface area contributed by atoms with Crippen LogP contribution in [0.4, 0.5) is 5.69 Å². The smallest absolute Gasteiger partial charge is 0.255 e. The third kappa shape index (κ3) is 6.81. The van der Waals surface area contributed by atoms with Crippen LogP contribution in [-0.2, 0) is 4.79 Å². The van der Waals surface area contributed by atoms with Gasteiger partial charge in [0.05, 0.1) is 17.8 Å². The zero-order valence-electron chi connectivity index (χ0n) is 22.2. The third-order valence-electron chi connectivity index (χ3n) is 5.66. The number of pyridine rings is 1. The zero-order valence-corrected chi connectivity index (χ0v) is 22.2. The number of nitrogens with zero attached hydrogens (tertiary/aromatic N) is 2. The number of aliphatic hydroxyl groups excluding tert-OH is 1. The maximum absolute atomic E-state index is 13.0. The highest BCUT2D eigenvalue weighted by atomic mass is 16.2. The van der Waals surface area contributed by atoms with Gasteiger partial charge in [0.1, 0.15) is 5.65 Å². The molecule has 8 heteroatoms. The number of rotatable bonds is 6. The SMILES string of the molecule is CN(C)C(=O)c1cc(-c2cnc3[nH]cc(-c4ccccc4)c3c2)ccc1NC(=O)CNC(C)(C)C.CO. The summed E-state index contributed by atoms with van der Waals surface area (Å²) in [4.78, 5) is 34.9. The molecule has 2 aromatic carbocycles. The van der Waals surface area contributed by atoms with Crippen LogP contribution in [0.15, 0.2) is 67.0 Å². The van der Waals surface area contributed by atoms with Crippen LogP contribution in [0.1, 0.15) is 31.1 Å². The standard InChI is InChI=1S/C28H31N5O2.CH4O/c1-28(2,3)31-17-25(34)32-24-12-11-19(13-22(24)27(35)33(4)5)20-14-21-23(16-30-26(21)29-15-20)18-9-7-6-8-10-18;1-2/h6-16,31H,17H2,1-5H3,(H,29,30)(H,32,34);2H,1H3. The second-order valence-electron chi connectivity index (χ2n) is 9.80. The minimum absolute atomic E-state index is 0.150. The van der Waals surface area contributed by atoms with Gasteiger partial charge >= 0.3 is 0 Å². The molecule has 2 heterocycles. The van der Waals surface area contributed by atoms with Crippen LogP contribution in [0.25, 0.3) is 33.3 Å². The molecule has 0 unspecified atom stereocenters. The molecule has 0 saturated carbocycles. The number of nitrogens with one attached hydrogen (secondary N) is 3. The number of carbonyl (C=O) groups is 2. The zero-order chi connectivity index (χ0) is 27.2. The van der Waals surface area contributed by atoms with Gasteiger partial charge in [-0.05, 0) is 50.1 Å². The van der Waals surface area contributed by atoms with Gasteiger partial charge in [-0.1, -0.05) is 36.4 Å². The van der Waals surface area contributed by atoms with Gasteiger partial charge in [-0.15, -0.1) is 0 Å². The highest BCUT2D eigenvalue weighted by molar-refractivity contribution is 6.05. The summed E-state index contributed by atoms with van der Waals surface area (Å²) in [6.45, 7) is 6.13. The van der Waals surface area contributed by atoms with Gasteiger partial charge in [-0.2, -0.15) is 0 Å². The molecule has 0 aliphatic rings. The van der Waals surface area contributed by atoms with E-state index in [0.717, 1.165) is 40.4 Å². The maximum atomic E-state index is 13.0. The van der Waals surface area contributed by atoms with Crippen LogP contribution in [0.5, 0.6) is 0 Å². The number of aromatic amines is 1. The normalized spacial score (nSPS) is 11.0.